The Hall–Kier alpha value is -0.520. The van der Waals surface area contributed by atoms with Gasteiger partial charge in [0.05, 0.1) is 17.6 Å². The summed E-state index contributed by atoms with van der Waals surface area (Å²) < 4.78 is 0. The average molecular weight is 230 g/mol. The lowest BCUT2D eigenvalue weighted by Crippen LogP contribution is -2.20. The first-order valence-electron chi connectivity index (χ1n) is 5.42. The highest BCUT2D eigenvalue weighted by Crippen LogP contribution is 2.33. The van der Waals surface area contributed by atoms with Crippen molar-refractivity contribution in [2.75, 3.05) is 5.88 Å². The quantitative estimate of drug-likeness (QED) is 0.513. The van der Waals surface area contributed by atoms with Crippen LogP contribution in [0.2, 0.25) is 0 Å². The molecule has 0 aliphatic rings. The summed E-state index contributed by atoms with van der Waals surface area (Å²) in [5, 5.41) is 18.6. The van der Waals surface area contributed by atoms with Gasteiger partial charge < -0.3 is 5.11 Å². The molecule has 86 valence electrons. The van der Waals surface area contributed by atoms with Gasteiger partial charge in [0.25, 0.3) is 0 Å². The average Bonchev–Trinajstić information content (AvgIpc) is 2.30. The third-order valence-electron chi connectivity index (χ3n) is 2.89. The first kappa shape index (κ1) is 14.5. The van der Waals surface area contributed by atoms with Crippen molar-refractivity contribution in [3.05, 3.63) is 12.7 Å². The molecule has 0 radical (unpaired) electrons. The van der Waals surface area contributed by atoms with E-state index in [0.717, 1.165) is 19.3 Å². The molecule has 0 aromatic heterocycles. The summed E-state index contributed by atoms with van der Waals surface area (Å²) in [5.74, 6) is 0.591. The number of hydrogen-bond donors (Lipinski definition) is 1. The van der Waals surface area contributed by atoms with Crippen molar-refractivity contribution >= 4 is 11.6 Å². The van der Waals surface area contributed by atoms with Crippen molar-refractivity contribution in [2.45, 2.75) is 45.1 Å². The summed E-state index contributed by atoms with van der Waals surface area (Å²) in [6, 6.07) is 2.38. The lowest BCUT2D eigenvalue weighted by Gasteiger charge is -2.25. The minimum atomic E-state index is -0.500. The first-order valence-corrected chi connectivity index (χ1v) is 5.95. The zero-order valence-corrected chi connectivity index (χ0v) is 10.1. The molecule has 0 aromatic carbocycles. The molecule has 0 bridgehead atoms. The van der Waals surface area contributed by atoms with Gasteiger partial charge in [0.2, 0.25) is 0 Å². The fraction of sp³-hybridized carbons (Fsp3) is 0.750. The van der Waals surface area contributed by atoms with Crippen LogP contribution in [-0.2, 0) is 0 Å². The van der Waals surface area contributed by atoms with Crippen LogP contribution in [0.1, 0.15) is 39.0 Å². The molecule has 0 heterocycles. The van der Waals surface area contributed by atoms with Crippen LogP contribution in [0.3, 0.4) is 0 Å². The molecular weight excluding hydrogens is 210 g/mol. The van der Waals surface area contributed by atoms with Crippen molar-refractivity contribution in [3.63, 3.8) is 0 Å². The second-order valence-corrected chi connectivity index (χ2v) is 4.26. The maximum Gasteiger partial charge on any atom is 0.0718 e. The molecule has 1 N–H and O–H groups in total. The number of nitriles is 1. The number of halogens is 1. The number of aliphatic hydroxyl groups excluding tert-OH is 1. The van der Waals surface area contributed by atoms with Gasteiger partial charge in [-0.25, -0.2) is 0 Å². The lowest BCUT2D eigenvalue weighted by molar-refractivity contribution is 0.183. The predicted octanol–water partition coefficient (Wildman–Crippen LogP) is 3.25. The highest BCUT2D eigenvalue weighted by molar-refractivity contribution is 6.17. The van der Waals surface area contributed by atoms with Crippen LogP contribution < -0.4 is 0 Å². The molecule has 0 fully saturated rings. The van der Waals surface area contributed by atoms with E-state index in [-0.39, 0.29) is 5.41 Å². The lowest BCUT2D eigenvalue weighted by atomic mass is 9.77. The molecule has 2 nitrogen and oxygen atoms in total. The van der Waals surface area contributed by atoms with Gasteiger partial charge in [0, 0.05) is 5.88 Å². The van der Waals surface area contributed by atoms with Crippen molar-refractivity contribution in [1.29, 1.82) is 5.26 Å². The van der Waals surface area contributed by atoms with E-state index in [1.54, 1.807) is 0 Å². The standard InChI is InChI=1S/C12H20ClNO/c1-3-11(15)6-8-12(4-2,10-14)7-5-9-13/h3,11,15H,1,4-9H2,2H3. The number of alkyl halides is 1. The van der Waals surface area contributed by atoms with Crippen LogP contribution >= 0.6 is 11.6 Å². The maximum absolute atomic E-state index is 9.38. The van der Waals surface area contributed by atoms with Crippen LogP contribution in [0, 0.1) is 16.7 Å². The Morgan fingerprint density at radius 3 is 2.67 bits per heavy atom. The Balaban J connectivity index is 4.24. The molecule has 0 aliphatic carbocycles. The molecule has 0 saturated heterocycles. The minimum absolute atomic E-state index is 0.321. The van der Waals surface area contributed by atoms with Gasteiger partial charge in [-0.15, -0.1) is 18.2 Å². The zero-order valence-electron chi connectivity index (χ0n) is 9.38. The Morgan fingerprint density at radius 2 is 2.27 bits per heavy atom. The second-order valence-electron chi connectivity index (χ2n) is 3.88. The van der Waals surface area contributed by atoms with Crippen molar-refractivity contribution in [3.8, 4) is 6.07 Å². The normalized spacial score (nSPS) is 16.4. The zero-order chi connectivity index (χ0) is 11.7. The SMILES string of the molecule is C=CC(O)CCC(C#N)(CC)CCCCl. The minimum Gasteiger partial charge on any atom is -0.389 e. The topological polar surface area (TPSA) is 44.0 Å². The van der Waals surface area contributed by atoms with Gasteiger partial charge in [0.1, 0.15) is 0 Å². The van der Waals surface area contributed by atoms with Gasteiger partial charge in [-0.2, -0.15) is 5.26 Å². The molecule has 2 atom stereocenters. The van der Waals surface area contributed by atoms with Crippen LogP contribution in [0.15, 0.2) is 12.7 Å². The van der Waals surface area contributed by atoms with E-state index in [9.17, 15) is 10.4 Å². The van der Waals surface area contributed by atoms with Gasteiger partial charge >= 0.3 is 0 Å². The molecular formula is C12H20ClNO. The molecule has 0 rings (SSSR count). The van der Waals surface area contributed by atoms with E-state index in [2.05, 4.69) is 12.6 Å². The van der Waals surface area contributed by atoms with E-state index in [1.165, 1.54) is 6.08 Å². The Labute approximate surface area is 97.6 Å². The summed E-state index contributed by atoms with van der Waals surface area (Å²) in [4.78, 5) is 0. The second kappa shape index (κ2) is 7.73. The van der Waals surface area contributed by atoms with Crippen LogP contribution in [0.25, 0.3) is 0 Å². The fourth-order valence-electron chi connectivity index (χ4n) is 1.62. The summed E-state index contributed by atoms with van der Waals surface area (Å²) in [5.41, 5.74) is -0.321. The van der Waals surface area contributed by atoms with Crippen LogP contribution in [-0.4, -0.2) is 17.1 Å². The molecule has 3 heteroatoms. The summed E-state index contributed by atoms with van der Waals surface area (Å²) >= 11 is 5.64. The highest BCUT2D eigenvalue weighted by Gasteiger charge is 2.27. The highest BCUT2D eigenvalue weighted by atomic mass is 35.5. The molecule has 0 aliphatic heterocycles. The van der Waals surface area contributed by atoms with E-state index >= 15 is 0 Å². The first-order chi connectivity index (χ1) is 7.14. The third-order valence-corrected chi connectivity index (χ3v) is 3.16. The fourth-order valence-corrected chi connectivity index (χ4v) is 1.75. The van der Waals surface area contributed by atoms with Gasteiger partial charge in [-0.05, 0) is 32.1 Å². The van der Waals surface area contributed by atoms with E-state index in [0.29, 0.717) is 18.7 Å². The van der Waals surface area contributed by atoms with Crippen LogP contribution in [0.5, 0.6) is 0 Å². The van der Waals surface area contributed by atoms with Crippen molar-refractivity contribution in [1.82, 2.24) is 0 Å². The number of hydrogen-bond acceptors (Lipinski definition) is 2. The van der Waals surface area contributed by atoms with E-state index in [4.69, 9.17) is 11.6 Å². The molecule has 0 saturated carbocycles. The summed E-state index contributed by atoms with van der Waals surface area (Å²) in [7, 11) is 0. The number of nitrogens with zero attached hydrogens (tertiary/aromatic N) is 1. The maximum atomic E-state index is 9.38. The molecule has 0 spiro atoms. The molecule has 0 aromatic rings. The summed E-state index contributed by atoms with van der Waals surface area (Å²) in [6.07, 6.45) is 4.81. The van der Waals surface area contributed by atoms with Gasteiger partial charge in [0.15, 0.2) is 0 Å². The van der Waals surface area contributed by atoms with E-state index in [1.807, 2.05) is 6.92 Å². The Bertz CT molecular complexity index is 224. The molecule has 0 amide bonds. The van der Waals surface area contributed by atoms with E-state index < -0.39 is 6.10 Å². The largest absolute Gasteiger partial charge is 0.389 e. The number of aliphatic hydroxyl groups is 1. The van der Waals surface area contributed by atoms with Gasteiger partial charge in [-0.1, -0.05) is 13.0 Å². The molecule has 2 unspecified atom stereocenters. The monoisotopic (exact) mass is 229 g/mol. The van der Waals surface area contributed by atoms with Crippen molar-refractivity contribution < 1.29 is 5.11 Å². The number of rotatable bonds is 8. The van der Waals surface area contributed by atoms with Crippen molar-refractivity contribution in [2.24, 2.45) is 5.41 Å². The summed E-state index contributed by atoms with van der Waals surface area (Å²) in [6.45, 7) is 5.53. The third kappa shape index (κ3) is 5.20. The Morgan fingerprint density at radius 1 is 1.60 bits per heavy atom. The van der Waals surface area contributed by atoms with Gasteiger partial charge in [-0.3, -0.25) is 0 Å². The predicted molar refractivity (Wildman–Crippen MR) is 63.7 cm³/mol. The van der Waals surface area contributed by atoms with Crippen LogP contribution in [0.4, 0.5) is 0 Å². The smallest absolute Gasteiger partial charge is 0.0718 e. The Kier molecular flexibility index (Phi) is 7.46. The molecule has 15 heavy (non-hydrogen) atoms.